The Morgan fingerprint density at radius 3 is 2.55 bits per heavy atom. The number of hydrogen-bond donors (Lipinski definition) is 2. The zero-order chi connectivity index (χ0) is 22.4. The topological polar surface area (TPSA) is 76.0 Å². The molecule has 0 aliphatic rings. The summed E-state index contributed by atoms with van der Waals surface area (Å²) in [5.74, 6) is -0.308. The van der Waals surface area contributed by atoms with Crippen LogP contribution in [0.5, 0.6) is 0 Å². The van der Waals surface area contributed by atoms with Crippen LogP contribution in [0.1, 0.15) is 48.8 Å². The van der Waals surface area contributed by atoms with Gasteiger partial charge in [-0.25, -0.2) is 9.07 Å². The summed E-state index contributed by atoms with van der Waals surface area (Å²) in [6.45, 7) is 6.25. The Kier molecular flexibility index (Phi) is 7.18. The first-order valence-electron chi connectivity index (χ1n) is 10.4. The lowest BCUT2D eigenvalue weighted by Gasteiger charge is -2.10. The molecule has 3 aromatic rings. The maximum atomic E-state index is 13.2. The van der Waals surface area contributed by atoms with Gasteiger partial charge in [0.15, 0.2) is 0 Å². The summed E-state index contributed by atoms with van der Waals surface area (Å²) in [4.78, 5) is 24.8. The predicted octanol–water partition coefficient (Wildman–Crippen LogP) is 4.49. The maximum absolute atomic E-state index is 13.2. The number of benzene rings is 2. The number of hydrogen-bond acceptors (Lipinski definition) is 3. The molecule has 0 atom stereocenters. The fraction of sp³-hybridized carbons (Fsp3) is 0.292. The van der Waals surface area contributed by atoms with Crippen LogP contribution in [0.15, 0.2) is 54.7 Å². The number of halogens is 1. The summed E-state index contributed by atoms with van der Waals surface area (Å²) in [5.41, 5.74) is 3.50. The van der Waals surface area contributed by atoms with Gasteiger partial charge in [0.05, 0.1) is 23.1 Å². The van der Waals surface area contributed by atoms with Crippen LogP contribution in [0.25, 0.3) is 5.69 Å². The van der Waals surface area contributed by atoms with E-state index in [1.807, 2.05) is 45.0 Å². The molecule has 1 aromatic heterocycles. The molecule has 3 rings (SSSR count). The summed E-state index contributed by atoms with van der Waals surface area (Å²) < 4.78 is 14.9. The largest absolute Gasteiger partial charge is 0.348 e. The Labute approximate surface area is 181 Å². The molecule has 7 heteroatoms. The SMILES string of the molecule is CCc1c(C(=O)NCc2cccc(NC(=O)CC(C)C)c2)cnn1-c1ccc(F)cc1. The van der Waals surface area contributed by atoms with Crippen molar-refractivity contribution >= 4 is 17.5 Å². The molecule has 0 radical (unpaired) electrons. The summed E-state index contributed by atoms with van der Waals surface area (Å²) in [5, 5.41) is 10.1. The van der Waals surface area contributed by atoms with Crippen molar-refractivity contribution in [2.24, 2.45) is 5.92 Å². The molecule has 0 fully saturated rings. The van der Waals surface area contributed by atoms with Crippen molar-refractivity contribution < 1.29 is 14.0 Å². The maximum Gasteiger partial charge on any atom is 0.255 e. The molecule has 0 saturated carbocycles. The van der Waals surface area contributed by atoms with Crippen molar-refractivity contribution in [1.29, 1.82) is 0 Å². The third-order valence-corrected chi connectivity index (χ3v) is 4.78. The van der Waals surface area contributed by atoms with Gasteiger partial charge in [0.2, 0.25) is 5.91 Å². The molecule has 0 spiro atoms. The highest BCUT2D eigenvalue weighted by Gasteiger charge is 2.17. The number of rotatable bonds is 8. The average Bonchev–Trinajstić information content (AvgIpc) is 3.16. The Hall–Kier alpha value is -3.48. The summed E-state index contributed by atoms with van der Waals surface area (Å²) >= 11 is 0. The van der Waals surface area contributed by atoms with Crippen molar-refractivity contribution in [3.05, 3.63) is 77.4 Å². The highest BCUT2D eigenvalue weighted by atomic mass is 19.1. The normalized spacial score (nSPS) is 10.9. The Bertz CT molecular complexity index is 1060. The number of nitrogens with zero attached hydrogens (tertiary/aromatic N) is 2. The highest BCUT2D eigenvalue weighted by Crippen LogP contribution is 2.17. The number of aromatic nitrogens is 2. The van der Waals surface area contributed by atoms with E-state index in [2.05, 4.69) is 15.7 Å². The van der Waals surface area contributed by atoms with E-state index in [0.717, 1.165) is 11.3 Å². The number of carbonyl (C=O) groups excluding carboxylic acids is 2. The number of nitrogens with one attached hydrogen (secondary N) is 2. The quantitative estimate of drug-likeness (QED) is 0.562. The highest BCUT2D eigenvalue weighted by molar-refractivity contribution is 5.95. The summed E-state index contributed by atoms with van der Waals surface area (Å²) in [6.07, 6.45) is 2.58. The van der Waals surface area contributed by atoms with Gasteiger partial charge in [0.25, 0.3) is 5.91 Å². The molecule has 2 amide bonds. The minimum Gasteiger partial charge on any atom is -0.348 e. The first-order valence-corrected chi connectivity index (χ1v) is 10.4. The van der Waals surface area contributed by atoms with E-state index >= 15 is 0 Å². The molecule has 2 N–H and O–H groups in total. The van der Waals surface area contributed by atoms with E-state index < -0.39 is 0 Å². The van der Waals surface area contributed by atoms with Crippen molar-refractivity contribution in [3.63, 3.8) is 0 Å². The fourth-order valence-electron chi connectivity index (χ4n) is 3.33. The Morgan fingerprint density at radius 1 is 1.13 bits per heavy atom. The van der Waals surface area contributed by atoms with Crippen LogP contribution in [-0.4, -0.2) is 21.6 Å². The molecular weight excluding hydrogens is 395 g/mol. The second-order valence-corrected chi connectivity index (χ2v) is 7.78. The van der Waals surface area contributed by atoms with Crippen molar-refractivity contribution in [3.8, 4) is 5.69 Å². The Morgan fingerprint density at radius 2 is 1.87 bits per heavy atom. The third kappa shape index (κ3) is 5.78. The lowest BCUT2D eigenvalue weighted by atomic mass is 10.1. The molecule has 0 unspecified atom stereocenters. The van der Waals surface area contributed by atoms with Gasteiger partial charge in [0, 0.05) is 18.7 Å². The monoisotopic (exact) mass is 422 g/mol. The lowest BCUT2D eigenvalue weighted by Crippen LogP contribution is -2.24. The first-order chi connectivity index (χ1) is 14.9. The molecule has 0 aliphatic carbocycles. The fourth-order valence-corrected chi connectivity index (χ4v) is 3.33. The number of amides is 2. The molecular formula is C24H27FN4O2. The molecule has 31 heavy (non-hydrogen) atoms. The third-order valence-electron chi connectivity index (χ3n) is 4.78. The zero-order valence-corrected chi connectivity index (χ0v) is 18.0. The van der Waals surface area contributed by atoms with Crippen LogP contribution >= 0.6 is 0 Å². The van der Waals surface area contributed by atoms with Crippen LogP contribution in [0, 0.1) is 11.7 Å². The molecule has 0 saturated heterocycles. The molecule has 0 bridgehead atoms. The molecule has 0 aliphatic heterocycles. The van der Waals surface area contributed by atoms with Crippen LogP contribution in [0.4, 0.5) is 10.1 Å². The van der Waals surface area contributed by atoms with E-state index in [1.165, 1.54) is 18.3 Å². The summed E-state index contributed by atoms with van der Waals surface area (Å²) in [6, 6.07) is 13.4. The van der Waals surface area contributed by atoms with Crippen molar-refractivity contribution in [2.75, 3.05) is 5.32 Å². The molecule has 1 heterocycles. The van der Waals surface area contributed by atoms with Crippen LogP contribution in [0.3, 0.4) is 0 Å². The zero-order valence-electron chi connectivity index (χ0n) is 18.0. The number of carbonyl (C=O) groups is 2. The van der Waals surface area contributed by atoms with E-state index in [0.29, 0.717) is 36.3 Å². The second kappa shape index (κ2) is 10.0. The molecule has 6 nitrogen and oxygen atoms in total. The van der Waals surface area contributed by atoms with E-state index in [1.54, 1.807) is 16.8 Å². The van der Waals surface area contributed by atoms with Gasteiger partial charge in [-0.2, -0.15) is 5.10 Å². The molecule has 162 valence electrons. The van der Waals surface area contributed by atoms with Gasteiger partial charge in [-0.05, 0) is 54.3 Å². The lowest BCUT2D eigenvalue weighted by molar-refractivity contribution is -0.116. The number of anilines is 1. The Balaban J connectivity index is 1.68. The van der Waals surface area contributed by atoms with Gasteiger partial charge in [-0.1, -0.05) is 32.9 Å². The average molecular weight is 423 g/mol. The minimum atomic E-state index is -0.324. The standard InChI is InChI=1S/C24H27FN4O2/c1-4-22-21(15-27-29(22)20-10-8-18(25)9-11-20)24(31)26-14-17-6-5-7-19(13-17)28-23(30)12-16(2)3/h5-11,13,15-16H,4,12,14H2,1-3H3,(H,26,31)(H,28,30). The van der Waals surface area contributed by atoms with Crippen molar-refractivity contribution in [1.82, 2.24) is 15.1 Å². The molecule has 2 aromatic carbocycles. The van der Waals surface area contributed by atoms with Crippen LogP contribution < -0.4 is 10.6 Å². The predicted molar refractivity (Wildman–Crippen MR) is 119 cm³/mol. The van der Waals surface area contributed by atoms with E-state index in [9.17, 15) is 14.0 Å². The van der Waals surface area contributed by atoms with Gasteiger partial charge < -0.3 is 10.6 Å². The van der Waals surface area contributed by atoms with Gasteiger partial charge >= 0.3 is 0 Å². The van der Waals surface area contributed by atoms with E-state index in [-0.39, 0.29) is 23.5 Å². The second-order valence-electron chi connectivity index (χ2n) is 7.78. The summed E-state index contributed by atoms with van der Waals surface area (Å²) in [7, 11) is 0. The smallest absolute Gasteiger partial charge is 0.255 e. The first kappa shape index (κ1) is 22.2. The van der Waals surface area contributed by atoms with Gasteiger partial charge in [-0.3, -0.25) is 9.59 Å². The minimum absolute atomic E-state index is 0.0306. The van der Waals surface area contributed by atoms with E-state index in [4.69, 9.17) is 0 Å². The van der Waals surface area contributed by atoms with Gasteiger partial charge in [-0.15, -0.1) is 0 Å². The van der Waals surface area contributed by atoms with Crippen molar-refractivity contribution in [2.45, 2.75) is 40.2 Å². The van der Waals surface area contributed by atoms with Gasteiger partial charge in [0.1, 0.15) is 5.82 Å². The van der Waals surface area contributed by atoms with Crippen LogP contribution in [0.2, 0.25) is 0 Å². The van der Waals surface area contributed by atoms with Crippen LogP contribution in [-0.2, 0) is 17.8 Å².